The Hall–Kier alpha value is -2.82. The molecule has 0 unspecified atom stereocenters. The number of rotatable bonds is 6. The number of ether oxygens (including phenoxy) is 2. The van der Waals surface area contributed by atoms with Crippen LogP contribution in [0.4, 0.5) is 17.6 Å². The van der Waals surface area contributed by atoms with Crippen molar-refractivity contribution in [2.75, 3.05) is 6.86 Å². The third kappa shape index (κ3) is 3.05. The topological polar surface area (TPSA) is 74.4 Å². The molecule has 3 aromatic rings. The predicted molar refractivity (Wildman–Crippen MR) is 78.6 cm³/mol. The van der Waals surface area contributed by atoms with Gasteiger partial charge in [-0.25, -0.2) is 13.8 Å². The van der Waals surface area contributed by atoms with Crippen LogP contribution in [-0.4, -0.2) is 37.5 Å². The van der Waals surface area contributed by atoms with E-state index in [1.165, 1.54) is 18.6 Å². The average molecular weight is 369 g/mol. The highest BCUT2D eigenvalue weighted by molar-refractivity contribution is 5.59. The van der Waals surface area contributed by atoms with Gasteiger partial charge in [0.15, 0.2) is 11.5 Å². The molecule has 4 rings (SSSR count). The largest absolute Gasteiger partial charge is 0.444 e. The third-order valence-corrected chi connectivity index (χ3v) is 3.69. The molecule has 0 atom stereocenters. The van der Waals surface area contributed by atoms with Crippen LogP contribution in [0.15, 0.2) is 24.7 Å². The van der Waals surface area contributed by atoms with Crippen LogP contribution in [0.1, 0.15) is 18.7 Å². The van der Waals surface area contributed by atoms with Gasteiger partial charge in [0.1, 0.15) is 0 Å². The molecular weight excluding hydrogens is 358 g/mol. The van der Waals surface area contributed by atoms with Crippen LogP contribution in [0.25, 0.3) is 16.9 Å². The number of hydrogen-bond acceptors (Lipinski definition) is 6. The lowest BCUT2D eigenvalue weighted by molar-refractivity contribution is -0.261. The van der Waals surface area contributed by atoms with Crippen molar-refractivity contribution in [3.8, 4) is 17.1 Å². The number of fused-ring (bicyclic) bond motifs is 1. The number of halogens is 4. The summed E-state index contributed by atoms with van der Waals surface area (Å²) >= 11 is 0. The summed E-state index contributed by atoms with van der Waals surface area (Å²) < 4.78 is 64.6. The zero-order valence-electron chi connectivity index (χ0n) is 13.1. The van der Waals surface area contributed by atoms with Crippen LogP contribution in [0.3, 0.4) is 0 Å². The quantitative estimate of drug-likeness (QED) is 0.622. The van der Waals surface area contributed by atoms with Crippen LogP contribution in [0.2, 0.25) is 0 Å². The maximum atomic E-state index is 14.3. The van der Waals surface area contributed by atoms with Crippen molar-refractivity contribution in [1.82, 2.24) is 24.6 Å². The molecule has 3 heterocycles. The van der Waals surface area contributed by atoms with Crippen LogP contribution in [0, 0.1) is 5.82 Å². The lowest BCUT2D eigenvalue weighted by atomic mass is 10.2. The lowest BCUT2D eigenvalue weighted by Crippen LogP contribution is -2.23. The second-order valence-electron chi connectivity index (χ2n) is 5.62. The number of hydrogen-bond donors (Lipinski definition) is 0. The van der Waals surface area contributed by atoms with E-state index in [1.54, 1.807) is 0 Å². The Morgan fingerprint density at radius 3 is 2.69 bits per heavy atom. The van der Waals surface area contributed by atoms with Crippen molar-refractivity contribution in [3.05, 3.63) is 36.3 Å². The molecule has 0 N–H and O–H groups in total. The van der Waals surface area contributed by atoms with Crippen molar-refractivity contribution in [2.24, 2.45) is 0 Å². The summed E-state index contributed by atoms with van der Waals surface area (Å²) in [5, 5.41) is 7.13. The van der Waals surface area contributed by atoms with Gasteiger partial charge in [0, 0.05) is 18.0 Å². The minimum atomic E-state index is -3.62. The molecule has 136 valence electrons. The first-order chi connectivity index (χ1) is 12.5. The SMILES string of the molecule is FCOc1ncc(-c2cn3c(C(F)(F)OC4CC4)nnc3cn2)cc1F. The molecule has 0 saturated heterocycles. The summed E-state index contributed by atoms with van der Waals surface area (Å²) in [7, 11) is 0. The molecule has 0 amide bonds. The summed E-state index contributed by atoms with van der Waals surface area (Å²) in [6.07, 6.45) is 0.630. The molecule has 3 aromatic heterocycles. The molecule has 1 saturated carbocycles. The normalized spacial score (nSPS) is 14.8. The van der Waals surface area contributed by atoms with Crippen molar-refractivity contribution in [3.63, 3.8) is 0 Å². The van der Waals surface area contributed by atoms with Crippen molar-refractivity contribution >= 4 is 5.65 Å². The first kappa shape index (κ1) is 16.6. The number of nitrogens with zero attached hydrogens (tertiary/aromatic N) is 5. The van der Waals surface area contributed by atoms with Gasteiger partial charge in [-0.15, -0.1) is 10.2 Å². The van der Waals surface area contributed by atoms with Crippen molar-refractivity contribution in [1.29, 1.82) is 0 Å². The minimum absolute atomic E-state index is 0.0774. The average Bonchev–Trinajstić information content (AvgIpc) is 3.30. The first-order valence-electron chi connectivity index (χ1n) is 7.59. The van der Waals surface area contributed by atoms with Gasteiger partial charge in [0.05, 0.1) is 18.0 Å². The Bertz CT molecular complexity index is 960. The van der Waals surface area contributed by atoms with Crippen molar-refractivity contribution in [2.45, 2.75) is 25.1 Å². The van der Waals surface area contributed by atoms with E-state index >= 15 is 0 Å². The highest BCUT2D eigenvalue weighted by atomic mass is 19.3. The van der Waals surface area contributed by atoms with Gasteiger partial charge in [-0.3, -0.25) is 9.38 Å². The van der Waals surface area contributed by atoms with E-state index in [1.807, 2.05) is 0 Å². The van der Waals surface area contributed by atoms with Crippen molar-refractivity contribution < 1.29 is 27.0 Å². The van der Waals surface area contributed by atoms with E-state index in [4.69, 9.17) is 4.74 Å². The maximum Gasteiger partial charge on any atom is 0.418 e. The standard InChI is InChI=1S/C15H11F4N5O2/c16-7-25-13-10(17)3-8(4-21-13)11-6-24-12(5-20-11)22-23-14(24)15(18,19)26-9-1-2-9/h3-6,9H,1-2,7H2. The molecule has 7 nitrogen and oxygen atoms in total. The minimum Gasteiger partial charge on any atom is -0.444 e. The molecule has 0 radical (unpaired) electrons. The zero-order chi connectivity index (χ0) is 18.3. The van der Waals surface area contributed by atoms with Gasteiger partial charge >= 0.3 is 6.11 Å². The fourth-order valence-electron chi connectivity index (χ4n) is 2.32. The molecule has 0 aliphatic heterocycles. The lowest BCUT2D eigenvalue weighted by Gasteiger charge is -2.14. The van der Waals surface area contributed by atoms with Gasteiger partial charge in [0.25, 0.3) is 5.88 Å². The number of alkyl halides is 3. The van der Waals surface area contributed by atoms with E-state index in [0.717, 1.165) is 10.5 Å². The maximum absolute atomic E-state index is 14.3. The van der Waals surface area contributed by atoms with Gasteiger partial charge in [-0.1, -0.05) is 0 Å². The van der Waals surface area contributed by atoms with Crippen LogP contribution < -0.4 is 4.74 Å². The summed E-state index contributed by atoms with van der Waals surface area (Å²) in [4.78, 5) is 7.67. The number of pyridine rings is 1. The fraction of sp³-hybridized carbons (Fsp3) is 0.333. The molecule has 11 heteroatoms. The first-order valence-corrected chi connectivity index (χ1v) is 7.59. The highest BCUT2D eigenvalue weighted by Gasteiger charge is 2.44. The summed E-state index contributed by atoms with van der Waals surface area (Å²) in [5.74, 6) is -2.12. The second kappa shape index (κ2) is 6.16. The predicted octanol–water partition coefficient (Wildman–Crippen LogP) is 2.86. The van der Waals surface area contributed by atoms with Gasteiger partial charge in [0.2, 0.25) is 12.7 Å². The van der Waals surface area contributed by atoms with E-state index in [-0.39, 0.29) is 16.9 Å². The summed E-state index contributed by atoms with van der Waals surface area (Å²) in [6.45, 7) is -1.23. The fourth-order valence-corrected chi connectivity index (χ4v) is 2.32. The molecule has 1 aliphatic carbocycles. The molecule has 0 spiro atoms. The Balaban J connectivity index is 1.73. The number of aromatic nitrogens is 5. The molecule has 0 bridgehead atoms. The zero-order valence-corrected chi connectivity index (χ0v) is 13.1. The summed E-state index contributed by atoms with van der Waals surface area (Å²) in [5.41, 5.74) is 0.397. The van der Waals surface area contributed by atoms with Crippen LogP contribution in [0.5, 0.6) is 5.88 Å². The molecule has 0 aromatic carbocycles. The Kier molecular flexibility index (Phi) is 3.94. The highest BCUT2D eigenvalue weighted by Crippen LogP contribution is 2.37. The van der Waals surface area contributed by atoms with E-state index in [9.17, 15) is 17.6 Å². The summed E-state index contributed by atoms with van der Waals surface area (Å²) in [6, 6.07) is 1.01. The van der Waals surface area contributed by atoms with Gasteiger partial charge < -0.3 is 9.47 Å². The van der Waals surface area contributed by atoms with Crippen LogP contribution >= 0.6 is 0 Å². The smallest absolute Gasteiger partial charge is 0.418 e. The molecular formula is C15H11F4N5O2. The molecule has 1 aliphatic rings. The Morgan fingerprint density at radius 2 is 2.00 bits per heavy atom. The molecule has 26 heavy (non-hydrogen) atoms. The van der Waals surface area contributed by atoms with E-state index in [2.05, 4.69) is 24.9 Å². The van der Waals surface area contributed by atoms with Gasteiger partial charge in [-0.2, -0.15) is 8.78 Å². The van der Waals surface area contributed by atoms with Crippen LogP contribution in [-0.2, 0) is 10.8 Å². The van der Waals surface area contributed by atoms with E-state index in [0.29, 0.717) is 12.8 Å². The van der Waals surface area contributed by atoms with Gasteiger partial charge in [-0.05, 0) is 18.9 Å². The van der Waals surface area contributed by atoms with E-state index < -0.39 is 36.6 Å². The third-order valence-electron chi connectivity index (χ3n) is 3.69. The Morgan fingerprint density at radius 1 is 1.19 bits per heavy atom. The Labute approximate surface area is 143 Å². The molecule has 1 fully saturated rings. The monoisotopic (exact) mass is 369 g/mol. The second-order valence-corrected chi connectivity index (χ2v) is 5.62.